The van der Waals surface area contributed by atoms with Crippen molar-refractivity contribution in [1.82, 2.24) is 0 Å². The molecule has 0 saturated carbocycles. The van der Waals surface area contributed by atoms with Gasteiger partial charge in [-0.3, -0.25) is 0 Å². The van der Waals surface area contributed by atoms with Crippen molar-refractivity contribution in [3.05, 3.63) is 12.3 Å². The van der Waals surface area contributed by atoms with Gasteiger partial charge in [0.25, 0.3) is 0 Å². The van der Waals surface area contributed by atoms with Crippen molar-refractivity contribution in [2.45, 2.75) is 6.92 Å². The van der Waals surface area contributed by atoms with Crippen LogP contribution in [0.15, 0.2) is 11.2 Å². The maximum absolute atomic E-state index is 4.65. The fraction of sp³-hybridized carbons (Fsp3) is 0.250. The van der Waals surface area contributed by atoms with E-state index in [1.165, 1.54) is 6.20 Å². The van der Waals surface area contributed by atoms with E-state index in [4.69, 9.17) is 0 Å². The number of nitrogens with zero attached hydrogens (tertiary/aromatic N) is 1. The van der Waals surface area contributed by atoms with Gasteiger partial charge in [0, 0.05) is 32.7 Å². The molecule has 0 aliphatic carbocycles. The summed E-state index contributed by atoms with van der Waals surface area (Å²) in [4.78, 5) is 3.12. The molecule has 2 heteroatoms. The maximum Gasteiger partial charge on any atom is 0 e. The molecule has 0 aromatic carbocycles. The summed E-state index contributed by atoms with van der Waals surface area (Å²) in [7, 11) is 0. The van der Waals surface area contributed by atoms with Gasteiger partial charge in [-0.2, -0.15) is 6.72 Å². The van der Waals surface area contributed by atoms with Crippen LogP contribution in [0.3, 0.4) is 0 Å². The van der Waals surface area contributed by atoms with Crippen LogP contribution in [-0.2, 0) is 32.7 Å². The molecule has 1 radical (unpaired) electrons. The molecular formula is C4H5NY-2. The van der Waals surface area contributed by atoms with Gasteiger partial charge in [0.1, 0.15) is 0 Å². The standard InChI is InChI=1S/C4H5N.Y/c1-3-4-5-2;/h2,4H,1H3;/q-2;. The number of rotatable bonds is 1. The Kier molecular flexibility index (Phi) is 14.7. The second kappa shape index (κ2) is 9.10. The van der Waals surface area contributed by atoms with Crippen LogP contribution >= 0.6 is 0 Å². The summed E-state index contributed by atoms with van der Waals surface area (Å²) in [6.45, 7) is 6.38. The van der Waals surface area contributed by atoms with E-state index in [1.54, 1.807) is 6.92 Å². The first-order valence-electron chi connectivity index (χ1n) is 1.31. The van der Waals surface area contributed by atoms with Crippen molar-refractivity contribution in [3.8, 4) is 0 Å². The maximum atomic E-state index is 4.65. The largest absolute Gasteiger partial charge is 0.587 e. The van der Waals surface area contributed by atoms with Gasteiger partial charge in [0.2, 0.25) is 0 Å². The van der Waals surface area contributed by atoms with Crippen LogP contribution in [0.25, 0.3) is 0 Å². The zero-order valence-corrected chi connectivity index (χ0v) is 6.52. The molecule has 0 unspecified atom stereocenters. The zero-order valence-electron chi connectivity index (χ0n) is 3.68. The smallest absolute Gasteiger partial charge is 0 e. The number of hydrogen-bond donors (Lipinski definition) is 0. The molecule has 0 rings (SSSR count). The first kappa shape index (κ1) is 9.72. The second-order valence-corrected chi connectivity index (χ2v) is 0.567. The van der Waals surface area contributed by atoms with Gasteiger partial charge >= 0.3 is 0 Å². The fourth-order valence-corrected chi connectivity index (χ4v) is 0.0745. The summed E-state index contributed by atoms with van der Waals surface area (Å²) in [5.74, 6) is 0. The van der Waals surface area contributed by atoms with Crippen molar-refractivity contribution < 1.29 is 32.7 Å². The van der Waals surface area contributed by atoms with Crippen molar-refractivity contribution in [2.24, 2.45) is 4.99 Å². The number of hydrogen-bond acceptors (Lipinski definition) is 1. The van der Waals surface area contributed by atoms with Crippen LogP contribution in [0, 0.1) is 6.08 Å². The molecular weight excluding hydrogens is 151 g/mol. The molecule has 0 aromatic heterocycles. The van der Waals surface area contributed by atoms with Crippen LogP contribution < -0.4 is 0 Å². The summed E-state index contributed by atoms with van der Waals surface area (Å²) in [6.07, 6.45) is 4.00. The average Bonchev–Trinajstić information content (AvgIpc) is 1.41. The van der Waals surface area contributed by atoms with Crippen LogP contribution in [-0.4, -0.2) is 6.72 Å². The molecule has 0 aliphatic rings. The predicted octanol–water partition coefficient (Wildman–Crippen LogP) is 0.898. The van der Waals surface area contributed by atoms with Gasteiger partial charge in [0.15, 0.2) is 0 Å². The Labute approximate surface area is 63.4 Å². The van der Waals surface area contributed by atoms with Gasteiger partial charge in [-0.05, 0) is 0 Å². The normalized spacial score (nSPS) is 7.50. The molecule has 6 heavy (non-hydrogen) atoms. The Morgan fingerprint density at radius 2 is 2.33 bits per heavy atom. The van der Waals surface area contributed by atoms with Crippen molar-refractivity contribution in [1.29, 1.82) is 0 Å². The van der Waals surface area contributed by atoms with E-state index in [0.717, 1.165) is 0 Å². The molecule has 0 aromatic rings. The summed E-state index contributed by atoms with van der Waals surface area (Å²) in [6, 6.07) is 0. The number of allylic oxidation sites excluding steroid dienone is 1. The van der Waals surface area contributed by atoms with Crippen LogP contribution in [0.5, 0.6) is 0 Å². The Bertz CT molecular complexity index is 49.5. The Morgan fingerprint density at radius 1 is 1.83 bits per heavy atom. The van der Waals surface area contributed by atoms with Crippen LogP contribution in [0.2, 0.25) is 0 Å². The summed E-state index contributed by atoms with van der Waals surface area (Å²) < 4.78 is 0. The molecule has 0 spiro atoms. The first-order valence-corrected chi connectivity index (χ1v) is 1.31. The molecule has 0 aliphatic heterocycles. The molecule has 0 fully saturated rings. The SMILES string of the molecule is [CH-]=NC=[C-]C.[Y]. The van der Waals surface area contributed by atoms with E-state index >= 15 is 0 Å². The summed E-state index contributed by atoms with van der Waals surface area (Å²) in [5, 5.41) is 0. The summed E-state index contributed by atoms with van der Waals surface area (Å²) in [5.41, 5.74) is 0. The third-order valence-corrected chi connectivity index (χ3v) is 0.204. The molecule has 0 heterocycles. The Morgan fingerprint density at radius 3 is 2.33 bits per heavy atom. The third-order valence-electron chi connectivity index (χ3n) is 0.204. The average molecular weight is 156 g/mol. The quantitative estimate of drug-likeness (QED) is 0.395. The van der Waals surface area contributed by atoms with E-state index in [-0.39, 0.29) is 32.7 Å². The molecule has 31 valence electrons. The minimum absolute atomic E-state index is 0. The van der Waals surface area contributed by atoms with E-state index in [0.29, 0.717) is 0 Å². The monoisotopic (exact) mass is 156 g/mol. The van der Waals surface area contributed by atoms with E-state index < -0.39 is 0 Å². The fourth-order valence-electron chi connectivity index (χ4n) is 0.0745. The Hall–Kier alpha value is 0.514. The van der Waals surface area contributed by atoms with E-state index in [9.17, 15) is 0 Å². The minimum atomic E-state index is 0. The molecule has 0 N–H and O–H groups in total. The zero-order chi connectivity index (χ0) is 4.12. The van der Waals surface area contributed by atoms with E-state index in [1.807, 2.05) is 0 Å². The van der Waals surface area contributed by atoms with Gasteiger partial charge in [-0.1, -0.05) is 0 Å². The van der Waals surface area contributed by atoms with Crippen molar-refractivity contribution in [2.75, 3.05) is 0 Å². The number of aliphatic imine (C=N–C) groups is 1. The molecule has 0 amide bonds. The van der Waals surface area contributed by atoms with Gasteiger partial charge in [-0.15, -0.1) is 0 Å². The predicted molar refractivity (Wildman–Crippen MR) is 22.0 cm³/mol. The molecule has 0 bridgehead atoms. The Balaban J connectivity index is 0. The van der Waals surface area contributed by atoms with Gasteiger partial charge in [-0.25, -0.2) is 6.92 Å². The van der Waals surface area contributed by atoms with Gasteiger partial charge in [0.05, 0.1) is 0 Å². The molecule has 0 saturated heterocycles. The molecule has 0 atom stereocenters. The van der Waals surface area contributed by atoms with Gasteiger partial charge < -0.3 is 17.3 Å². The third kappa shape index (κ3) is 8.82. The first-order chi connectivity index (χ1) is 2.41. The van der Waals surface area contributed by atoms with Crippen molar-refractivity contribution >= 4 is 6.72 Å². The molecule has 1 nitrogen and oxygen atoms in total. The summed E-state index contributed by atoms with van der Waals surface area (Å²) >= 11 is 0. The second-order valence-electron chi connectivity index (χ2n) is 0.567. The van der Waals surface area contributed by atoms with Crippen LogP contribution in [0.1, 0.15) is 6.92 Å². The topological polar surface area (TPSA) is 12.4 Å². The van der Waals surface area contributed by atoms with E-state index in [2.05, 4.69) is 17.8 Å². The minimum Gasteiger partial charge on any atom is -0.587 e. The van der Waals surface area contributed by atoms with Crippen molar-refractivity contribution in [3.63, 3.8) is 0 Å². The van der Waals surface area contributed by atoms with Crippen LogP contribution in [0.4, 0.5) is 0 Å².